The minimum Gasteiger partial charge on any atom is -0.323 e. The number of carbonyl (C=O) groups is 1. The second kappa shape index (κ2) is 9.76. The van der Waals surface area contributed by atoms with Crippen molar-refractivity contribution in [2.75, 3.05) is 10.0 Å². The zero-order valence-electron chi connectivity index (χ0n) is 18.8. The van der Waals surface area contributed by atoms with Crippen LogP contribution in [0.2, 0.25) is 0 Å². The fourth-order valence-electron chi connectivity index (χ4n) is 3.37. The lowest BCUT2D eigenvalue weighted by Crippen LogP contribution is -2.23. The van der Waals surface area contributed by atoms with Crippen molar-refractivity contribution in [1.82, 2.24) is 19.9 Å². The molecule has 0 aliphatic heterocycles. The van der Waals surface area contributed by atoms with Crippen molar-refractivity contribution >= 4 is 27.6 Å². The van der Waals surface area contributed by atoms with Gasteiger partial charge in [-0.2, -0.15) is 13.2 Å². The van der Waals surface area contributed by atoms with Crippen molar-refractivity contribution in [3.63, 3.8) is 0 Å². The van der Waals surface area contributed by atoms with E-state index in [1.807, 2.05) is 0 Å². The van der Waals surface area contributed by atoms with Gasteiger partial charge in [0.2, 0.25) is 21.9 Å². The molecule has 1 fully saturated rings. The standard InChI is InChI=1S/C22H20F4N6O3S/c1-2-14(16-7-8-28-21(31-16)32-36(34,35)13-4-5-13)20(33)30-17-6-3-12(9-15(17)23)18-10-27-11-19(29-18)22(24,25)26/h3,6-11,13-14H,2,4-5H2,1H3,(H,30,33)(H,28,31,32). The number of anilines is 2. The Kier molecular flexibility index (Phi) is 6.89. The number of rotatable bonds is 8. The number of halogens is 4. The Morgan fingerprint density at radius 3 is 2.56 bits per heavy atom. The molecule has 2 aromatic heterocycles. The molecule has 9 nitrogen and oxygen atoms in total. The summed E-state index contributed by atoms with van der Waals surface area (Å²) in [4.78, 5) is 27.9. The van der Waals surface area contributed by atoms with Crippen LogP contribution in [0.25, 0.3) is 11.3 Å². The minimum absolute atomic E-state index is 0.0412. The number of alkyl halides is 3. The number of sulfonamides is 1. The largest absolute Gasteiger partial charge is 0.434 e. The van der Waals surface area contributed by atoms with Crippen LogP contribution in [0.1, 0.15) is 43.5 Å². The lowest BCUT2D eigenvalue weighted by Gasteiger charge is -2.16. The average molecular weight is 525 g/mol. The fourth-order valence-corrected chi connectivity index (χ4v) is 4.65. The summed E-state index contributed by atoms with van der Waals surface area (Å²) in [7, 11) is -3.60. The summed E-state index contributed by atoms with van der Waals surface area (Å²) in [5.41, 5.74) is -1.33. The van der Waals surface area contributed by atoms with Crippen molar-refractivity contribution in [2.24, 2.45) is 0 Å². The molecule has 1 saturated carbocycles. The fraction of sp³-hybridized carbons (Fsp3) is 0.318. The number of aromatic nitrogens is 4. The molecule has 4 rings (SSSR count). The van der Waals surface area contributed by atoms with Gasteiger partial charge >= 0.3 is 6.18 Å². The smallest absolute Gasteiger partial charge is 0.323 e. The van der Waals surface area contributed by atoms with E-state index in [1.165, 1.54) is 24.4 Å². The first kappa shape index (κ1) is 25.4. The van der Waals surface area contributed by atoms with Crippen LogP contribution in [0.5, 0.6) is 0 Å². The molecule has 1 aliphatic rings. The Labute approximate surface area is 203 Å². The van der Waals surface area contributed by atoms with Gasteiger partial charge in [0, 0.05) is 11.8 Å². The first-order valence-corrected chi connectivity index (χ1v) is 12.4. The zero-order valence-corrected chi connectivity index (χ0v) is 19.6. The Bertz CT molecular complexity index is 1400. The van der Waals surface area contributed by atoms with Gasteiger partial charge in [-0.05, 0) is 37.5 Å². The molecule has 1 aliphatic carbocycles. The van der Waals surface area contributed by atoms with E-state index in [0.717, 1.165) is 12.3 Å². The molecule has 1 unspecified atom stereocenters. The molecule has 0 saturated heterocycles. The molecular formula is C22H20F4N6O3S. The Morgan fingerprint density at radius 1 is 1.17 bits per heavy atom. The zero-order chi connectivity index (χ0) is 26.1. The third kappa shape index (κ3) is 5.75. The van der Waals surface area contributed by atoms with Crippen molar-refractivity contribution < 1.29 is 30.8 Å². The highest BCUT2D eigenvalue weighted by molar-refractivity contribution is 7.93. The number of carbonyl (C=O) groups excluding carboxylic acids is 1. The third-order valence-electron chi connectivity index (χ3n) is 5.40. The van der Waals surface area contributed by atoms with E-state index in [2.05, 4.69) is 30.0 Å². The summed E-state index contributed by atoms with van der Waals surface area (Å²) in [6.45, 7) is 1.70. The monoisotopic (exact) mass is 524 g/mol. The van der Waals surface area contributed by atoms with Crippen molar-refractivity contribution in [1.29, 1.82) is 0 Å². The molecule has 0 radical (unpaired) electrons. The van der Waals surface area contributed by atoms with Crippen molar-refractivity contribution in [3.8, 4) is 11.3 Å². The lowest BCUT2D eigenvalue weighted by atomic mass is 10.0. The maximum Gasteiger partial charge on any atom is 0.434 e. The van der Waals surface area contributed by atoms with Crippen LogP contribution in [0, 0.1) is 5.82 Å². The summed E-state index contributed by atoms with van der Waals surface area (Å²) < 4.78 is 80.0. The van der Waals surface area contributed by atoms with E-state index in [9.17, 15) is 30.8 Å². The lowest BCUT2D eigenvalue weighted by molar-refractivity contribution is -0.141. The van der Waals surface area contributed by atoms with Crippen molar-refractivity contribution in [2.45, 2.75) is 43.5 Å². The van der Waals surface area contributed by atoms with Gasteiger partial charge in [-0.3, -0.25) is 14.5 Å². The van der Waals surface area contributed by atoms with E-state index in [-0.39, 0.29) is 35.0 Å². The van der Waals surface area contributed by atoms with Gasteiger partial charge in [0.25, 0.3) is 0 Å². The van der Waals surface area contributed by atoms with Crippen LogP contribution < -0.4 is 10.0 Å². The molecule has 190 valence electrons. The van der Waals surface area contributed by atoms with Crippen LogP contribution >= 0.6 is 0 Å². The SMILES string of the molecule is CCC(C(=O)Nc1ccc(-c2cncc(C(F)(F)F)n2)cc1F)c1ccnc(NS(=O)(=O)C2CC2)n1. The average Bonchev–Trinajstić information content (AvgIpc) is 3.67. The summed E-state index contributed by atoms with van der Waals surface area (Å²) >= 11 is 0. The van der Waals surface area contributed by atoms with Gasteiger partial charge < -0.3 is 5.32 Å². The summed E-state index contributed by atoms with van der Waals surface area (Å²) in [5.74, 6) is -2.53. The van der Waals surface area contributed by atoms with E-state index in [4.69, 9.17) is 0 Å². The van der Waals surface area contributed by atoms with Gasteiger partial charge in [-0.25, -0.2) is 27.8 Å². The molecule has 1 atom stereocenters. The molecule has 1 amide bonds. The quantitative estimate of drug-likeness (QED) is 0.424. The maximum absolute atomic E-state index is 14.7. The number of benzene rings is 1. The van der Waals surface area contributed by atoms with E-state index < -0.39 is 44.8 Å². The predicted octanol–water partition coefficient (Wildman–Crippen LogP) is 4.13. The van der Waals surface area contributed by atoms with Crippen LogP contribution in [-0.4, -0.2) is 39.5 Å². The van der Waals surface area contributed by atoms with E-state index in [1.54, 1.807) is 6.92 Å². The minimum atomic E-state index is -4.71. The molecule has 1 aromatic carbocycles. The van der Waals surface area contributed by atoms with Gasteiger partial charge in [0.15, 0.2) is 5.69 Å². The number of nitrogens with zero attached hydrogens (tertiary/aromatic N) is 4. The molecule has 0 bridgehead atoms. The topological polar surface area (TPSA) is 127 Å². The van der Waals surface area contributed by atoms with E-state index >= 15 is 0 Å². The summed E-state index contributed by atoms with van der Waals surface area (Å²) in [5, 5.41) is 1.96. The van der Waals surface area contributed by atoms with Crippen LogP contribution in [0.4, 0.5) is 29.2 Å². The maximum atomic E-state index is 14.7. The third-order valence-corrected chi connectivity index (χ3v) is 7.22. The molecule has 36 heavy (non-hydrogen) atoms. The molecular weight excluding hydrogens is 504 g/mol. The highest BCUT2D eigenvalue weighted by Gasteiger charge is 2.36. The first-order chi connectivity index (χ1) is 17.0. The Balaban J connectivity index is 1.51. The van der Waals surface area contributed by atoms with Gasteiger partial charge in [-0.1, -0.05) is 13.0 Å². The van der Waals surface area contributed by atoms with E-state index in [0.29, 0.717) is 19.0 Å². The normalized spacial score (nSPS) is 14.8. The highest BCUT2D eigenvalue weighted by atomic mass is 32.2. The highest BCUT2D eigenvalue weighted by Crippen LogP contribution is 2.31. The van der Waals surface area contributed by atoms with Gasteiger partial charge in [0.1, 0.15) is 5.82 Å². The number of nitrogens with one attached hydrogen (secondary N) is 2. The Hall–Kier alpha value is -3.68. The number of hydrogen-bond donors (Lipinski definition) is 2. The second-order valence-electron chi connectivity index (χ2n) is 8.08. The van der Waals surface area contributed by atoms with Crippen LogP contribution in [0.3, 0.4) is 0 Å². The van der Waals surface area contributed by atoms with Gasteiger partial charge in [-0.15, -0.1) is 0 Å². The predicted molar refractivity (Wildman–Crippen MR) is 122 cm³/mol. The summed E-state index contributed by atoms with van der Waals surface area (Å²) in [6, 6.07) is 4.90. The van der Waals surface area contributed by atoms with Crippen LogP contribution in [-0.2, 0) is 21.0 Å². The molecule has 0 spiro atoms. The Morgan fingerprint density at radius 2 is 1.92 bits per heavy atom. The van der Waals surface area contributed by atoms with Crippen LogP contribution in [0.15, 0.2) is 42.9 Å². The van der Waals surface area contributed by atoms with Gasteiger partial charge in [0.05, 0.1) is 40.6 Å². The number of amides is 1. The molecule has 2 N–H and O–H groups in total. The first-order valence-electron chi connectivity index (χ1n) is 10.8. The second-order valence-corrected chi connectivity index (χ2v) is 10.0. The number of hydrogen-bond acceptors (Lipinski definition) is 7. The molecule has 14 heteroatoms. The summed E-state index contributed by atoms with van der Waals surface area (Å²) in [6.07, 6.45) is -0.386. The molecule has 2 heterocycles. The van der Waals surface area contributed by atoms with Crippen molar-refractivity contribution in [3.05, 3.63) is 60.1 Å². The molecule has 3 aromatic rings.